The number of nitrogens with one attached hydrogen (secondary N) is 1. The van der Waals surface area contributed by atoms with Gasteiger partial charge >= 0.3 is 5.97 Å². The highest BCUT2D eigenvalue weighted by Gasteiger charge is 2.51. The molecule has 2 N–H and O–H groups in total. The van der Waals surface area contributed by atoms with E-state index in [4.69, 9.17) is 4.74 Å². The average Bonchev–Trinajstić information content (AvgIpc) is 3.25. The Morgan fingerprint density at radius 1 is 1.50 bits per heavy atom. The lowest BCUT2D eigenvalue weighted by Crippen LogP contribution is -2.56. The number of aliphatic carboxylic acids is 1. The van der Waals surface area contributed by atoms with Crippen molar-refractivity contribution in [1.82, 2.24) is 5.32 Å². The van der Waals surface area contributed by atoms with Gasteiger partial charge in [0.05, 0.1) is 0 Å². The van der Waals surface area contributed by atoms with E-state index in [1.165, 1.54) is 0 Å². The maximum atomic E-state index is 11.6. The van der Waals surface area contributed by atoms with Crippen molar-refractivity contribution in [3.8, 4) is 5.75 Å². The monoisotopic (exact) mass is 278 g/mol. The molecule has 1 aliphatic rings. The molecule has 20 heavy (non-hydrogen) atoms. The van der Waals surface area contributed by atoms with Gasteiger partial charge in [0.25, 0.3) is 0 Å². The third-order valence-electron chi connectivity index (χ3n) is 3.90. The minimum Gasteiger partial charge on any atom is -0.491 e. The largest absolute Gasteiger partial charge is 0.491 e. The van der Waals surface area contributed by atoms with Crippen LogP contribution in [0.5, 0.6) is 5.75 Å². The minimum atomic E-state index is -0.978. The zero-order chi connectivity index (χ0) is 14.8. The van der Waals surface area contributed by atoms with Gasteiger partial charge in [-0.25, -0.2) is 0 Å². The Balaban J connectivity index is 2.10. The molecule has 0 aliphatic heterocycles. The molecule has 1 atom stereocenters. The van der Waals surface area contributed by atoms with Crippen LogP contribution in [0.3, 0.4) is 0 Å². The smallest absolute Gasteiger partial charge is 0.327 e. The fraction of sp³-hybridized carbons (Fsp3) is 0.533. The highest BCUT2D eigenvalue weighted by molar-refractivity contribution is 5.80. The van der Waals surface area contributed by atoms with E-state index in [0.717, 1.165) is 18.5 Å². The first-order valence-corrected chi connectivity index (χ1v) is 6.82. The van der Waals surface area contributed by atoms with Gasteiger partial charge in [-0.05, 0) is 37.9 Å². The number of ether oxygens (including phenoxy) is 1. The summed E-state index contributed by atoms with van der Waals surface area (Å²) in [7, 11) is 5.60. The highest BCUT2D eigenvalue weighted by atomic mass is 16.5. The number of carboxylic acids is 1. The van der Waals surface area contributed by atoms with Crippen LogP contribution in [0, 0.1) is 5.92 Å². The summed E-state index contributed by atoms with van der Waals surface area (Å²) in [6.07, 6.45) is 1.88. The van der Waals surface area contributed by atoms with Crippen LogP contribution in [0.4, 0.5) is 5.69 Å². The normalized spacial score (nSPS) is 17.4. The van der Waals surface area contributed by atoms with Crippen LogP contribution in [-0.4, -0.2) is 44.4 Å². The molecule has 5 heteroatoms. The number of benzene rings is 1. The number of likely N-dealkylation sites (N-methyl/N-ethyl adjacent to an activating group) is 1. The van der Waals surface area contributed by atoms with Crippen LogP contribution in [-0.2, 0) is 4.79 Å². The number of nitrogens with zero attached hydrogens (tertiary/aromatic N) is 1. The summed E-state index contributed by atoms with van der Waals surface area (Å²) in [6, 6.07) is 7.65. The molecule has 110 valence electrons. The third kappa shape index (κ3) is 2.88. The van der Waals surface area contributed by atoms with Crippen LogP contribution in [0.1, 0.15) is 12.8 Å². The van der Waals surface area contributed by atoms with E-state index in [0.29, 0.717) is 5.75 Å². The molecule has 1 fully saturated rings. The van der Waals surface area contributed by atoms with Crippen molar-refractivity contribution in [1.29, 1.82) is 0 Å². The summed E-state index contributed by atoms with van der Waals surface area (Å²) < 4.78 is 5.75. The lowest BCUT2D eigenvalue weighted by Gasteiger charge is -2.29. The molecular formula is C15H22N2O3. The maximum absolute atomic E-state index is 11.6. The predicted molar refractivity (Wildman–Crippen MR) is 78.4 cm³/mol. The number of carbonyl (C=O) groups is 1. The minimum absolute atomic E-state index is 0.139. The van der Waals surface area contributed by atoms with Gasteiger partial charge in [0.15, 0.2) is 5.54 Å². The number of carboxylic acid groups (broad SMARTS) is 1. The van der Waals surface area contributed by atoms with Crippen molar-refractivity contribution in [3.63, 3.8) is 0 Å². The van der Waals surface area contributed by atoms with Crippen LogP contribution in [0.2, 0.25) is 0 Å². The van der Waals surface area contributed by atoms with Crippen LogP contribution < -0.4 is 15.0 Å². The van der Waals surface area contributed by atoms with Gasteiger partial charge in [-0.1, -0.05) is 6.07 Å². The van der Waals surface area contributed by atoms with Gasteiger partial charge < -0.3 is 20.1 Å². The van der Waals surface area contributed by atoms with Crippen molar-refractivity contribution in [3.05, 3.63) is 24.3 Å². The number of hydrogen-bond donors (Lipinski definition) is 2. The van der Waals surface area contributed by atoms with Crippen LogP contribution in [0.15, 0.2) is 24.3 Å². The summed E-state index contributed by atoms with van der Waals surface area (Å²) >= 11 is 0. The molecule has 0 radical (unpaired) electrons. The van der Waals surface area contributed by atoms with Gasteiger partial charge in [-0.15, -0.1) is 0 Å². The van der Waals surface area contributed by atoms with Gasteiger partial charge in [0.1, 0.15) is 12.4 Å². The highest BCUT2D eigenvalue weighted by Crippen LogP contribution is 2.40. The Kier molecular flexibility index (Phi) is 4.18. The molecule has 1 aromatic rings. The molecule has 1 unspecified atom stereocenters. The average molecular weight is 278 g/mol. The SMILES string of the molecule is CNC(COc1cccc(N(C)C)c1)(C(=O)O)C1CC1. The first-order valence-electron chi connectivity index (χ1n) is 6.82. The number of rotatable bonds is 7. The Morgan fingerprint density at radius 2 is 2.20 bits per heavy atom. The molecule has 1 saturated carbocycles. The standard InChI is InChI=1S/C15H22N2O3/c1-16-15(14(18)19,11-7-8-11)10-20-13-6-4-5-12(9-13)17(2)3/h4-6,9,11,16H,7-8,10H2,1-3H3,(H,18,19). The fourth-order valence-corrected chi connectivity index (χ4v) is 2.36. The van der Waals surface area contributed by atoms with Gasteiger partial charge in [-0.2, -0.15) is 0 Å². The third-order valence-corrected chi connectivity index (χ3v) is 3.90. The zero-order valence-corrected chi connectivity index (χ0v) is 12.2. The molecule has 1 aromatic carbocycles. The molecular weight excluding hydrogens is 256 g/mol. The van der Waals surface area contributed by atoms with Gasteiger partial charge in [-0.3, -0.25) is 4.79 Å². The topological polar surface area (TPSA) is 61.8 Å². The molecule has 0 amide bonds. The summed E-state index contributed by atoms with van der Waals surface area (Å²) in [6.45, 7) is 0.139. The summed E-state index contributed by atoms with van der Waals surface area (Å²) in [4.78, 5) is 13.6. The number of hydrogen-bond acceptors (Lipinski definition) is 4. The lowest BCUT2D eigenvalue weighted by atomic mass is 9.94. The maximum Gasteiger partial charge on any atom is 0.327 e. The molecule has 0 bridgehead atoms. The summed E-state index contributed by atoms with van der Waals surface area (Å²) in [5, 5.41) is 12.5. The Bertz CT molecular complexity index is 486. The quantitative estimate of drug-likeness (QED) is 0.793. The van der Waals surface area contributed by atoms with E-state index >= 15 is 0 Å². The van der Waals surface area contributed by atoms with E-state index in [-0.39, 0.29) is 12.5 Å². The van der Waals surface area contributed by atoms with E-state index in [1.807, 2.05) is 43.3 Å². The van der Waals surface area contributed by atoms with Crippen molar-refractivity contribution in [2.75, 3.05) is 32.6 Å². The van der Waals surface area contributed by atoms with Crippen LogP contribution >= 0.6 is 0 Å². The first-order chi connectivity index (χ1) is 9.49. The van der Waals surface area contributed by atoms with Crippen molar-refractivity contribution < 1.29 is 14.6 Å². The van der Waals surface area contributed by atoms with Gasteiger partial charge in [0.2, 0.25) is 0 Å². The molecule has 0 aromatic heterocycles. The lowest BCUT2D eigenvalue weighted by molar-refractivity contribution is -0.147. The van der Waals surface area contributed by atoms with Gasteiger partial charge in [0, 0.05) is 25.8 Å². The van der Waals surface area contributed by atoms with E-state index in [9.17, 15) is 9.90 Å². The van der Waals surface area contributed by atoms with E-state index < -0.39 is 11.5 Å². The zero-order valence-electron chi connectivity index (χ0n) is 12.2. The van der Waals surface area contributed by atoms with Crippen molar-refractivity contribution in [2.24, 2.45) is 5.92 Å². The fourth-order valence-electron chi connectivity index (χ4n) is 2.36. The molecule has 1 aliphatic carbocycles. The van der Waals surface area contributed by atoms with Crippen molar-refractivity contribution in [2.45, 2.75) is 18.4 Å². The predicted octanol–water partition coefficient (Wildman–Crippen LogP) is 1.58. The van der Waals surface area contributed by atoms with E-state index in [2.05, 4.69) is 5.32 Å². The molecule has 5 nitrogen and oxygen atoms in total. The Morgan fingerprint density at radius 3 is 2.70 bits per heavy atom. The van der Waals surface area contributed by atoms with E-state index in [1.54, 1.807) is 7.05 Å². The molecule has 0 heterocycles. The second-order valence-electron chi connectivity index (χ2n) is 5.48. The first kappa shape index (κ1) is 14.7. The van der Waals surface area contributed by atoms with Crippen molar-refractivity contribution >= 4 is 11.7 Å². The molecule has 0 saturated heterocycles. The van der Waals surface area contributed by atoms with Crippen LogP contribution in [0.25, 0.3) is 0 Å². The second-order valence-corrected chi connectivity index (χ2v) is 5.48. The second kappa shape index (κ2) is 5.71. The Labute approximate surface area is 119 Å². The molecule has 0 spiro atoms. The molecule has 2 rings (SSSR count). The summed E-state index contributed by atoms with van der Waals surface area (Å²) in [5.41, 5.74) is 0.0491. The Hall–Kier alpha value is -1.75. The number of anilines is 1. The summed E-state index contributed by atoms with van der Waals surface area (Å²) in [5.74, 6) is 0.00557.